The molecule has 0 bridgehead atoms. The molecule has 0 aliphatic carbocycles. The van der Waals surface area contributed by atoms with Gasteiger partial charge in [-0.25, -0.2) is 9.48 Å². The van der Waals surface area contributed by atoms with Crippen LogP contribution in [0.25, 0.3) is 0 Å². The van der Waals surface area contributed by atoms with Gasteiger partial charge in [0.05, 0.1) is 13.7 Å². The molecule has 2 aromatic rings. The molecule has 0 saturated carbocycles. The lowest BCUT2D eigenvalue weighted by atomic mass is 10.2. The van der Waals surface area contributed by atoms with E-state index in [2.05, 4.69) is 10.4 Å². The molecule has 0 unspecified atom stereocenters. The van der Waals surface area contributed by atoms with Gasteiger partial charge in [-0.3, -0.25) is 9.36 Å². The zero-order valence-corrected chi connectivity index (χ0v) is 14.9. The molecule has 3 rings (SSSR count). The Morgan fingerprint density at radius 2 is 2.12 bits per heavy atom. The Labute approximate surface area is 151 Å². The third-order valence-corrected chi connectivity index (χ3v) is 4.31. The van der Waals surface area contributed by atoms with Gasteiger partial charge in [0.2, 0.25) is 5.91 Å². The Kier molecular flexibility index (Phi) is 5.93. The number of hydrogen-bond donors (Lipinski definition) is 1. The molecule has 1 N–H and O–H groups in total. The number of methoxy groups -OCH3 is 1. The fraction of sp³-hybridized carbons (Fsp3) is 0.500. The van der Waals surface area contributed by atoms with E-state index in [1.54, 1.807) is 17.7 Å². The van der Waals surface area contributed by atoms with E-state index < -0.39 is 0 Å². The molecule has 1 aliphatic rings. The van der Waals surface area contributed by atoms with Gasteiger partial charge in [0.1, 0.15) is 30.5 Å². The molecule has 1 amide bonds. The van der Waals surface area contributed by atoms with Gasteiger partial charge in [-0.05, 0) is 25.0 Å². The zero-order chi connectivity index (χ0) is 18.4. The largest absolute Gasteiger partial charge is 0.497 e. The summed E-state index contributed by atoms with van der Waals surface area (Å²) >= 11 is 0. The second-order valence-corrected chi connectivity index (χ2v) is 6.20. The number of nitrogens with zero attached hydrogens (tertiary/aromatic N) is 3. The first-order valence-corrected chi connectivity index (χ1v) is 8.87. The molecule has 8 heteroatoms. The quantitative estimate of drug-likeness (QED) is 0.744. The first-order chi connectivity index (χ1) is 12.7. The summed E-state index contributed by atoms with van der Waals surface area (Å²) in [5.41, 5.74) is -0.204. The number of amides is 1. The standard InChI is InChI=1S/C18H24N4O4/c1-25-14-6-5-7-15(12-14)26-11-9-19-17(23)13-22-18(24)21-10-4-2-3-8-16(21)20-22/h5-7,12H,2-4,8-11,13H2,1H3,(H,19,23). The molecule has 8 nitrogen and oxygen atoms in total. The average molecular weight is 360 g/mol. The summed E-state index contributed by atoms with van der Waals surface area (Å²) in [5.74, 6) is 1.91. The van der Waals surface area contributed by atoms with Gasteiger partial charge in [0.15, 0.2) is 0 Å². The highest BCUT2D eigenvalue weighted by molar-refractivity contribution is 5.75. The summed E-state index contributed by atoms with van der Waals surface area (Å²) in [4.78, 5) is 24.4. The molecular formula is C18H24N4O4. The molecule has 0 atom stereocenters. The Morgan fingerprint density at radius 1 is 1.27 bits per heavy atom. The fourth-order valence-corrected chi connectivity index (χ4v) is 2.97. The highest BCUT2D eigenvalue weighted by Crippen LogP contribution is 2.18. The Balaban J connectivity index is 1.46. The van der Waals surface area contributed by atoms with Gasteiger partial charge in [0, 0.05) is 19.0 Å². The summed E-state index contributed by atoms with van der Waals surface area (Å²) in [6.45, 7) is 1.29. The minimum absolute atomic E-state index is 0.0714. The minimum Gasteiger partial charge on any atom is -0.497 e. The zero-order valence-electron chi connectivity index (χ0n) is 14.9. The summed E-state index contributed by atoms with van der Waals surface area (Å²) in [6.07, 6.45) is 3.91. The van der Waals surface area contributed by atoms with Crippen LogP contribution in [0.2, 0.25) is 0 Å². The Hall–Kier alpha value is -2.77. The number of benzene rings is 1. The lowest BCUT2D eigenvalue weighted by Gasteiger charge is -2.08. The van der Waals surface area contributed by atoms with Crippen LogP contribution in [0.15, 0.2) is 29.1 Å². The molecule has 0 fully saturated rings. The number of nitrogens with one attached hydrogen (secondary N) is 1. The van der Waals surface area contributed by atoms with E-state index >= 15 is 0 Å². The number of hydrogen-bond acceptors (Lipinski definition) is 5. The lowest BCUT2D eigenvalue weighted by molar-refractivity contribution is -0.122. The smallest absolute Gasteiger partial charge is 0.346 e. The number of ether oxygens (including phenoxy) is 2. The van der Waals surface area contributed by atoms with E-state index in [1.165, 1.54) is 4.68 Å². The van der Waals surface area contributed by atoms with Crippen molar-refractivity contribution in [2.75, 3.05) is 20.3 Å². The minimum atomic E-state index is -0.255. The fourth-order valence-electron chi connectivity index (χ4n) is 2.97. The summed E-state index contributed by atoms with van der Waals surface area (Å²) in [5, 5.41) is 7.05. The van der Waals surface area contributed by atoms with E-state index in [1.807, 2.05) is 18.2 Å². The van der Waals surface area contributed by atoms with Crippen LogP contribution in [0.1, 0.15) is 25.1 Å². The Morgan fingerprint density at radius 3 is 2.96 bits per heavy atom. The van der Waals surface area contributed by atoms with Crippen molar-refractivity contribution < 1.29 is 14.3 Å². The van der Waals surface area contributed by atoms with Crippen molar-refractivity contribution in [3.8, 4) is 11.5 Å². The summed E-state index contributed by atoms with van der Waals surface area (Å²) in [7, 11) is 1.59. The second-order valence-electron chi connectivity index (χ2n) is 6.20. The number of aryl methyl sites for hydroxylation is 1. The topological polar surface area (TPSA) is 87.4 Å². The lowest BCUT2D eigenvalue weighted by Crippen LogP contribution is -2.35. The average Bonchev–Trinajstić information content (AvgIpc) is 2.82. The van der Waals surface area contributed by atoms with Crippen molar-refractivity contribution in [1.82, 2.24) is 19.7 Å². The van der Waals surface area contributed by atoms with Crippen molar-refractivity contribution in [2.45, 2.75) is 38.8 Å². The third-order valence-electron chi connectivity index (χ3n) is 4.31. The monoisotopic (exact) mass is 360 g/mol. The van der Waals surface area contributed by atoms with E-state index in [0.717, 1.165) is 31.5 Å². The van der Waals surface area contributed by atoms with Gasteiger partial charge < -0.3 is 14.8 Å². The van der Waals surface area contributed by atoms with E-state index in [0.29, 0.717) is 31.2 Å². The van der Waals surface area contributed by atoms with Crippen LogP contribution in [0.3, 0.4) is 0 Å². The number of carbonyl (C=O) groups is 1. The molecule has 0 spiro atoms. The number of carbonyl (C=O) groups excluding carboxylic acids is 1. The molecule has 0 saturated heterocycles. The van der Waals surface area contributed by atoms with E-state index in [9.17, 15) is 9.59 Å². The molecule has 2 heterocycles. The van der Waals surface area contributed by atoms with Crippen molar-refractivity contribution in [1.29, 1.82) is 0 Å². The summed E-state index contributed by atoms with van der Waals surface area (Å²) in [6, 6.07) is 7.27. The van der Waals surface area contributed by atoms with Crippen LogP contribution < -0.4 is 20.5 Å². The molecule has 140 valence electrons. The maximum Gasteiger partial charge on any atom is 0.346 e. The van der Waals surface area contributed by atoms with Crippen LogP contribution in [0.5, 0.6) is 11.5 Å². The first kappa shape index (κ1) is 18.0. The highest BCUT2D eigenvalue weighted by atomic mass is 16.5. The third kappa shape index (κ3) is 4.44. The van der Waals surface area contributed by atoms with Crippen molar-refractivity contribution >= 4 is 5.91 Å². The molecule has 26 heavy (non-hydrogen) atoms. The predicted octanol–water partition coefficient (Wildman–Crippen LogP) is 0.975. The van der Waals surface area contributed by atoms with Gasteiger partial charge in [-0.15, -0.1) is 0 Å². The van der Waals surface area contributed by atoms with E-state index in [-0.39, 0.29) is 18.1 Å². The van der Waals surface area contributed by atoms with Crippen LogP contribution >= 0.6 is 0 Å². The predicted molar refractivity (Wildman–Crippen MR) is 95.5 cm³/mol. The van der Waals surface area contributed by atoms with Crippen molar-refractivity contribution in [2.24, 2.45) is 0 Å². The van der Waals surface area contributed by atoms with Crippen LogP contribution in [-0.4, -0.2) is 40.5 Å². The maximum atomic E-state index is 12.3. The maximum absolute atomic E-state index is 12.3. The van der Waals surface area contributed by atoms with Gasteiger partial charge in [0.25, 0.3) is 0 Å². The van der Waals surface area contributed by atoms with Crippen LogP contribution in [-0.2, 0) is 24.3 Å². The second kappa shape index (κ2) is 8.55. The first-order valence-electron chi connectivity index (χ1n) is 8.87. The number of fused-ring (bicyclic) bond motifs is 1. The molecular weight excluding hydrogens is 336 g/mol. The van der Waals surface area contributed by atoms with Crippen LogP contribution in [0, 0.1) is 0 Å². The van der Waals surface area contributed by atoms with Crippen molar-refractivity contribution in [3.63, 3.8) is 0 Å². The van der Waals surface area contributed by atoms with Gasteiger partial charge >= 0.3 is 5.69 Å². The summed E-state index contributed by atoms with van der Waals surface area (Å²) < 4.78 is 13.6. The normalized spacial score (nSPS) is 13.6. The SMILES string of the molecule is COc1cccc(OCCNC(=O)Cn2nc3n(c2=O)CCCCC3)c1. The molecule has 1 aliphatic heterocycles. The van der Waals surface area contributed by atoms with Gasteiger partial charge in [-0.1, -0.05) is 12.5 Å². The van der Waals surface area contributed by atoms with Crippen molar-refractivity contribution in [3.05, 3.63) is 40.6 Å². The van der Waals surface area contributed by atoms with Crippen LogP contribution in [0.4, 0.5) is 0 Å². The number of rotatable bonds is 7. The molecule has 1 aromatic carbocycles. The molecule has 1 aromatic heterocycles. The van der Waals surface area contributed by atoms with E-state index in [4.69, 9.17) is 9.47 Å². The number of aromatic nitrogens is 3. The Bertz CT molecular complexity index is 812. The highest BCUT2D eigenvalue weighted by Gasteiger charge is 2.17. The molecule has 0 radical (unpaired) electrons. The van der Waals surface area contributed by atoms with Gasteiger partial charge in [-0.2, -0.15) is 5.10 Å².